The van der Waals surface area contributed by atoms with Gasteiger partial charge in [-0.05, 0) is 42.5 Å². The van der Waals surface area contributed by atoms with Crippen LogP contribution in [0.1, 0.15) is 59.3 Å². The Hall–Kier alpha value is -1.40. The van der Waals surface area contributed by atoms with Gasteiger partial charge in [0.2, 0.25) is 15.9 Å². The molecule has 0 atom stereocenters. The van der Waals surface area contributed by atoms with E-state index in [1.165, 1.54) is 10.7 Å². The zero-order valence-corrected chi connectivity index (χ0v) is 16.5. The fourth-order valence-electron chi connectivity index (χ4n) is 3.20. The van der Waals surface area contributed by atoms with E-state index in [9.17, 15) is 13.2 Å². The minimum Gasteiger partial charge on any atom is -0.326 e. The Morgan fingerprint density at radius 3 is 2.20 bits per heavy atom. The molecule has 0 bridgehead atoms. The van der Waals surface area contributed by atoms with Crippen LogP contribution in [0.5, 0.6) is 0 Å². The molecule has 0 spiro atoms. The summed E-state index contributed by atoms with van der Waals surface area (Å²) in [7, 11) is -1.82. The van der Waals surface area contributed by atoms with Crippen LogP contribution in [0.2, 0.25) is 0 Å². The lowest BCUT2D eigenvalue weighted by Crippen LogP contribution is -2.38. The third-order valence-electron chi connectivity index (χ3n) is 4.59. The van der Waals surface area contributed by atoms with E-state index >= 15 is 0 Å². The Kier molecular flexibility index (Phi) is 6.27. The quantitative estimate of drug-likeness (QED) is 0.856. The maximum absolute atomic E-state index is 12.8. The molecular formula is C19H30N2O3S. The molecule has 0 unspecified atom stereocenters. The van der Waals surface area contributed by atoms with Crippen LogP contribution in [0.15, 0.2) is 29.2 Å². The van der Waals surface area contributed by atoms with E-state index in [1.54, 1.807) is 31.3 Å². The highest BCUT2D eigenvalue weighted by atomic mass is 32.2. The lowest BCUT2D eigenvalue weighted by atomic mass is 9.92. The Bertz CT molecular complexity index is 684. The summed E-state index contributed by atoms with van der Waals surface area (Å²) in [4.78, 5) is 12.3. The molecule has 1 amide bonds. The summed E-state index contributed by atoms with van der Waals surface area (Å²) in [5.74, 6) is -0.0672. The maximum Gasteiger partial charge on any atom is 0.243 e. The summed E-state index contributed by atoms with van der Waals surface area (Å²) in [5, 5.41) is 2.82. The molecule has 1 N–H and O–H groups in total. The first-order chi connectivity index (χ1) is 11.6. The number of carbonyl (C=O) groups is 1. The maximum atomic E-state index is 12.8. The van der Waals surface area contributed by atoms with Crippen LogP contribution in [0, 0.1) is 5.41 Å². The van der Waals surface area contributed by atoms with Crippen LogP contribution >= 0.6 is 0 Å². The number of benzene rings is 1. The average molecular weight is 367 g/mol. The minimum atomic E-state index is -3.49. The van der Waals surface area contributed by atoms with Gasteiger partial charge in [0.1, 0.15) is 0 Å². The Balaban J connectivity index is 2.06. The molecule has 0 aromatic heterocycles. The molecule has 5 nitrogen and oxygen atoms in total. The van der Waals surface area contributed by atoms with E-state index < -0.39 is 10.0 Å². The molecule has 0 heterocycles. The van der Waals surface area contributed by atoms with Crippen molar-refractivity contribution in [2.24, 2.45) is 5.41 Å². The summed E-state index contributed by atoms with van der Waals surface area (Å²) in [6, 6.07) is 6.54. The Morgan fingerprint density at radius 1 is 1.12 bits per heavy atom. The number of hydrogen-bond donors (Lipinski definition) is 1. The molecule has 1 aliphatic rings. The SMILES string of the molecule is CN(C1CCCCC1)S(=O)(=O)c1ccc(NC(=O)CC(C)(C)C)cc1. The lowest BCUT2D eigenvalue weighted by molar-refractivity contribution is -0.117. The standard InChI is InChI=1S/C19H30N2O3S/c1-19(2,3)14-18(22)20-15-10-12-17(13-11-15)25(23,24)21(4)16-8-6-5-7-9-16/h10-13,16H,5-9,14H2,1-4H3,(H,20,22). The third-order valence-corrected chi connectivity index (χ3v) is 6.52. The largest absolute Gasteiger partial charge is 0.326 e. The average Bonchev–Trinajstić information content (AvgIpc) is 2.53. The van der Waals surface area contributed by atoms with Gasteiger partial charge in [0.25, 0.3) is 0 Å². The molecule has 0 saturated heterocycles. The summed E-state index contributed by atoms with van der Waals surface area (Å²) in [6.07, 6.45) is 5.63. The zero-order valence-electron chi connectivity index (χ0n) is 15.7. The van der Waals surface area contributed by atoms with Crippen molar-refractivity contribution in [2.75, 3.05) is 12.4 Å². The summed E-state index contributed by atoms with van der Waals surface area (Å²) in [6.45, 7) is 6.01. The first kappa shape index (κ1) is 19.9. The van der Waals surface area contributed by atoms with Gasteiger partial charge >= 0.3 is 0 Å². The van der Waals surface area contributed by atoms with Crippen LogP contribution in [0.4, 0.5) is 5.69 Å². The number of hydrogen-bond acceptors (Lipinski definition) is 3. The second-order valence-corrected chi connectivity index (χ2v) is 10.1. The second-order valence-electron chi connectivity index (χ2n) is 8.12. The molecule has 1 aromatic rings. The van der Waals surface area contributed by atoms with Gasteiger partial charge in [0, 0.05) is 25.2 Å². The fourth-order valence-corrected chi connectivity index (χ4v) is 4.62. The van der Waals surface area contributed by atoms with Crippen molar-refractivity contribution in [3.8, 4) is 0 Å². The van der Waals surface area contributed by atoms with Gasteiger partial charge in [-0.15, -0.1) is 0 Å². The zero-order chi connectivity index (χ0) is 18.7. The van der Waals surface area contributed by atoms with Gasteiger partial charge < -0.3 is 5.32 Å². The molecule has 0 radical (unpaired) electrons. The number of nitrogens with one attached hydrogen (secondary N) is 1. The predicted molar refractivity (Wildman–Crippen MR) is 101 cm³/mol. The Labute approximate surface area is 151 Å². The van der Waals surface area contributed by atoms with E-state index in [0.29, 0.717) is 12.1 Å². The van der Waals surface area contributed by atoms with Crippen LogP contribution in [0.25, 0.3) is 0 Å². The highest BCUT2D eigenvalue weighted by Crippen LogP contribution is 2.27. The van der Waals surface area contributed by atoms with Crippen LogP contribution in [-0.2, 0) is 14.8 Å². The Morgan fingerprint density at radius 2 is 1.68 bits per heavy atom. The van der Waals surface area contributed by atoms with Crippen molar-refractivity contribution in [1.29, 1.82) is 0 Å². The van der Waals surface area contributed by atoms with Crippen molar-refractivity contribution in [2.45, 2.75) is 70.2 Å². The summed E-state index contributed by atoms with van der Waals surface area (Å²) in [5.41, 5.74) is 0.532. The van der Waals surface area contributed by atoms with Crippen LogP contribution in [-0.4, -0.2) is 31.7 Å². The number of rotatable bonds is 5. The topological polar surface area (TPSA) is 66.5 Å². The highest BCUT2D eigenvalue weighted by Gasteiger charge is 2.29. The van der Waals surface area contributed by atoms with E-state index in [-0.39, 0.29) is 22.3 Å². The molecule has 1 aromatic carbocycles. The van der Waals surface area contributed by atoms with Crippen molar-refractivity contribution in [1.82, 2.24) is 4.31 Å². The molecule has 1 aliphatic carbocycles. The lowest BCUT2D eigenvalue weighted by Gasteiger charge is -2.30. The molecule has 1 fully saturated rings. The predicted octanol–water partition coefficient (Wildman–Crippen LogP) is 4.01. The van der Waals surface area contributed by atoms with Crippen molar-refractivity contribution < 1.29 is 13.2 Å². The molecule has 1 saturated carbocycles. The molecule has 0 aliphatic heterocycles. The number of anilines is 1. The third kappa shape index (κ3) is 5.54. The van der Waals surface area contributed by atoms with Crippen molar-refractivity contribution >= 4 is 21.6 Å². The van der Waals surface area contributed by atoms with Gasteiger partial charge in [-0.2, -0.15) is 4.31 Å². The second kappa shape index (κ2) is 7.87. The van der Waals surface area contributed by atoms with Crippen LogP contribution in [0.3, 0.4) is 0 Å². The fraction of sp³-hybridized carbons (Fsp3) is 0.632. The number of carbonyl (C=O) groups excluding carboxylic acids is 1. The van der Waals surface area contributed by atoms with E-state index in [1.807, 2.05) is 20.8 Å². The molecule has 2 rings (SSSR count). The first-order valence-electron chi connectivity index (χ1n) is 8.97. The highest BCUT2D eigenvalue weighted by molar-refractivity contribution is 7.89. The molecular weight excluding hydrogens is 336 g/mol. The van der Waals surface area contributed by atoms with Crippen molar-refractivity contribution in [3.05, 3.63) is 24.3 Å². The van der Waals surface area contributed by atoms with Gasteiger partial charge in [0.05, 0.1) is 4.90 Å². The van der Waals surface area contributed by atoms with E-state index in [2.05, 4.69) is 5.32 Å². The molecule has 25 heavy (non-hydrogen) atoms. The number of sulfonamides is 1. The van der Waals surface area contributed by atoms with Gasteiger partial charge in [-0.3, -0.25) is 4.79 Å². The van der Waals surface area contributed by atoms with Gasteiger partial charge in [-0.1, -0.05) is 40.0 Å². The smallest absolute Gasteiger partial charge is 0.243 e. The number of nitrogens with zero attached hydrogens (tertiary/aromatic N) is 1. The monoisotopic (exact) mass is 366 g/mol. The minimum absolute atomic E-state index is 0.0672. The summed E-state index contributed by atoms with van der Waals surface area (Å²) < 4.78 is 27.1. The van der Waals surface area contributed by atoms with E-state index in [0.717, 1.165) is 25.7 Å². The van der Waals surface area contributed by atoms with Crippen molar-refractivity contribution in [3.63, 3.8) is 0 Å². The van der Waals surface area contributed by atoms with Gasteiger partial charge in [-0.25, -0.2) is 8.42 Å². The first-order valence-corrected chi connectivity index (χ1v) is 10.4. The summed E-state index contributed by atoms with van der Waals surface area (Å²) >= 11 is 0. The van der Waals surface area contributed by atoms with E-state index in [4.69, 9.17) is 0 Å². The normalized spacial score (nSPS) is 16.8. The van der Waals surface area contributed by atoms with Crippen LogP contribution < -0.4 is 5.32 Å². The molecule has 140 valence electrons. The molecule has 6 heteroatoms. The van der Waals surface area contributed by atoms with Gasteiger partial charge in [0.15, 0.2) is 0 Å². The number of amides is 1.